The van der Waals surface area contributed by atoms with E-state index in [0.29, 0.717) is 30.9 Å². The smallest absolute Gasteiger partial charge is 0.303 e. The van der Waals surface area contributed by atoms with Crippen LogP contribution in [0.5, 0.6) is 5.75 Å². The molecule has 1 aromatic rings. The molecule has 3 rings (SSSR count). The Balaban J connectivity index is 1.67. The van der Waals surface area contributed by atoms with Crippen molar-refractivity contribution in [2.24, 2.45) is 5.92 Å². The minimum absolute atomic E-state index is 0.0187. The molecule has 0 aliphatic carbocycles. The second-order valence-corrected chi connectivity index (χ2v) is 6.93. The lowest BCUT2D eigenvalue weighted by Crippen LogP contribution is -2.51. The highest BCUT2D eigenvalue weighted by Gasteiger charge is 2.34. The summed E-state index contributed by atoms with van der Waals surface area (Å²) in [5.74, 6) is -0.336. The molecule has 2 amide bonds. The second-order valence-electron chi connectivity index (χ2n) is 6.93. The number of hydrogen-bond acceptors (Lipinski definition) is 4. The zero-order valence-electron chi connectivity index (χ0n) is 14.9. The van der Waals surface area contributed by atoms with E-state index in [2.05, 4.69) is 0 Å². The van der Waals surface area contributed by atoms with E-state index in [1.165, 1.54) is 4.90 Å². The molecule has 140 valence electrons. The van der Waals surface area contributed by atoms with Gasteiger partial charge in [-0.1, -0.05) is 12.1 Å². The van der Waals surface area contributed by atoms with Crippen LogP contribution in [0.25, 0.3) is 0 Å². The Hall–Kier alpha value is -2.57. The highest BCUT2D eigenvalue weighted by Crippen LogP contribution is 2.33. The number of carbonyl (C=O) groups is 3. The number of fused-ring (bicyclic) bond motifs is 1. The number of anilines is 1. The van der Waals surface area contributed by atoms with Crippen LogP contribution in [0.15, 0.2) is 24.3 Å². The monoisotopic (exact) mass is 360 g/mol. The molecule has 7 nitrogen and oxygen atoms in total. The van der Waals surface area contributed by atoms with Gasteiger partial charge in [-0.3, -0.25) is 19.3 Å². The van der Waals surface area contributed by atoms with Gasteiger partial charge in [-0.25, -0.2) is 0 Å². The maximum Gasteiger partial charge on any atom is 0.303 e. The highest BCUT2D eigenvalue weighted by atomic mass is 16.5. The Morgan fingerprint density at radius 3 is 2.85 bits per heavy atom. The van der Waals surface area contributed by atoms with Crippen LogP contribution in [0.3, 0.4) is 0 Å². The van der Waals surface area contributed by atoms with Gasteiger partial charge in [0, 0.05) is 19.5 Å². The van der Waals surface area contributed by atoms with Crippen molar-refractivity contribution < 1.29 is 24.2 Å². The molecule has 26 heavy (non-hydrogen) atoms. The third-order valence-electron chi connectivity index (χ3n) is 5.01. The van der Waals surface area contributed by atoms with E-state index in [-0.39, 0.29) is 30.7 Å². The number of piperidine rings is 1. The molecule has 1 aromatic carbocycles. The van der Waals surface area contributed by atoms with Gasteiger partial charge in [0.1, 0.15) is 12.3 Å². The number of ether oxygens (including phenoxy) is 1. The molecule has 2 aliphatic heterocycles. The molecule has 1 saturated heterocycles. The molecule has 0 radical (unpaired) electrons. The number of carboxylic acid groups (broad SMARTS) is 1. The molecule has 2 heterocycles. The number of amides is 2. The van der Waals surface area contributed by atoms with Crippen molar-refractivity contribution in [2.45, 2.75) is 38.7 Å². The van der Waals surface area contributed by atoms with Crippen LogP contribution in [0.4, 0.5) is 5.69 Å². The summed E-state index contributed by atoms with van der Waals surface area (Å²) in [5.41, 5.74) is 0.614. The van der Waals surface area contributed by atoms with Crippen molar-refractivity contribution in [3.8, 4) is 5.75 Å². The summed E-state index contributed by atoms with van der Waals surface area (Å²) in [5, 5.41) is 8.85. The largest absolute Gasteiger partial charge is 0.481 e. The number of rotatable bonds is 5. The van der Waals surface area contributed by atoms with Gasteiger partial charge < -0.3 is 14.7 Å². The topological polar surface area (TPSA) is 87.2 Å². The van der Waals surface area contributed by atoms with Gasteiger partial charge in [-0.05, 0) is 44.2 Å². The quantitative estimate of drug-likeness (QED) is 0.867. The molecule has 2 unspecified atom stereocenters. The SMILES string of the molecule is CC1Oc2ccccc2N(CC(=O)N2CCCC(CCC(=O)O)C2)C1=O. The maximum absolute atomic E-state index is 12.8. The Labute approximate surface area is 152 Å². The van der Waals surface area contributed by atoms with E-state index in [4.69, 9.17) is 9.84 Å². The van der Waals surface area contributed by atoms with Gasteiger partial charge in [-0.15, -0.1) is 0 Å². The van der Waals surface area contributed by atoms with Crippen LogP contribution >= 0.6 is 0 Å². The van der Waals surface area contributed by atoms with Crippen molar-refractivity contribution in [1.82, 2.24) is 4.90 Å². The lowest BCUT2D eigenvalue weighted by molar-refractivity contribution is -0.137. The Morgan fingerprint density at radius 2 is 2.08 bits per heavy atom. The van der Waals surface area contributed by atoms with Gasteiger partial charge in [0.2, 0.25) is 5.91 Å². The summed E-state index contributed by atoms with van der Waals surface area (Å²) in [6.45, 7) is 2.87. The van der Waals surface area contributed by atoms with Crippen LogP contribution in [-0.2, 0) is 14.4 Å². The number of carbonyl (C=O) groups excluding carboxylic acids is 2. The van der Waals surface area contributed by atoms with Crippen molar-refractivity contribution in [3.63, 3.8) is 0 Å². The Bertz CT molecular complexity index is 705. The summed E-state index contributed by atoms with van der Waals surface area (Å²) < 4.78 is 5.60. The van der Waals surface area contributed by atoms with Gasteiger partial charge in [-0.2, -0.15) is 0 Å². The molecular weight excluding hydrogens is 336 g/mol. The fraction of sp³-hybridized carbons (Fsp3) is 0.526. The number of hydrogen-bond donors (Lipinski definition) is 1. The van der Waals surface area contributed by atoms with E-state index < -0.39 is 12.1 Å². The molecule has 0 saturated carbocycles. The molecular formula is C19H24N2O5. The first-order valence-corrected chi connectivity index (χ1v) is 9.02. The van der Waals surface area contributed by atoms with Crippen LogP contribution in [0.1, 0.15) is 32.6 Å². The zero-order chi connectivity index (χ0) is 18.7. The Kier molecular flexibility index (Phi) is 5.44. The summed E-state index contributed by atoms with van der Waals surface area (Å²) in [4.78, 5) is 39.3. The molecule has 1 fully saturated rings. The fourth-order valence-corrected chi connectivity index (χ4v) is 3.61. The van der Waals surface area contributed by atoms with E-state index >= 15 is 0 Å². The third kappa shape index (κ3) is 3.98. The number of carboxylic acids is 1. The number of benzene rings is 1. The second kappa shape index (κ2) is 7.76. The zero-order valence-corrected chi connectivity index (χ0v) is 14.9. The van der Waals surface area contributed by atoms with E-state index in [9.17, 15) is 14.4 Å². The average Bonchev–Trinajstić information content (AvgIpc) is 2.64. The van der Waals surface area contributed by atoms with Gasteiger partial charge in [0.05, 0.1) is 5.69 Å². The van der Waals surface area contributed by atoms with Crippen LogP contribution in [0.2, 0.25) is 0 Å². The van der Waals surface area contributed by atoms with Crippen LogP contribution in [0, 0.1) is 5.92 Å². The van der Waals surface area contributed by atoms with Gasteiger partial charge in [0.25, 0.3) is 5.91 Å². The first kappa shape index (κ1) is 18.2. The van der Waals surface area contributed by atoms with Crippen molar-refractivity contribution >= 4 is 23.5 Å². The minimum atomic E-state index is -0.807. The molecule has 2 aliphatic rings. The summed E-state index contributed by atoms with van der Waals surface area (Å²) in [6, 6.07) is 7.21. The van der Waals surface area contributed by atoms with E-state index in [1.54, 1.807) is 24.0 Å². The van der Waals surface area contributed by atoms with Gasteiger partial charge >= 0.3 is 5.97 Å². The molecule has 2 atom stereocenters. The Morgan fingerprint density at radius 1 is 1.31 bits per heavy atom. The van der Waals surface area contributed by atoms with Crippen molar-refractivity contribution in [3.05, 3.63) is 24.3 Å². The molecule has 7 heteroatoms. The number of aliphatic carboxylic acids is 1. The number of para-hydroxylation sites is 2. The normalized spacial score (nSPS) is 22.6. The highest BCUT2D eigenvalue weighted by molar-refractivity contribution is 6.03. The van der Waals surface area contributed by atoms with Crippen LogP contribution in [-0.4, -0.2) is 53.5 Å². The first-order chi connectivity index (χ1) is 12.5. The van der Waals surface area contributed by atoms with Crippen LogP contribution < -0.4 is 9.64 Å². The lowest BCUT2D eigenvalue weighted by atomic mass is 9.93. The predicted molar refractivity (Wildman–Crippen MR) is 95.1 cm³/mol. The number of nitrogens with zero attached hydrogens (tertiary/aromatic N) is 2. The third-order valence-corrected chi connectivity index (χ3v) is 5.01. The average molecular weight is 360 g/mol. The minimum Gasteiger partial charge on any atom is -0.481 e. The summed E-state index contributed by atoms with van der Waals surface area (Å²) in [6.07, 6.45) is 1.88. The summed E-state index contributed by atoms with van der Waals surface area (Å²) >= 11 is 0. The maximum atomic E-state index is 12.8. The van der Waals surface area contributed by atoms with Crippen molar-refractivity contribution in [2.75, 3.05) is 24.5 Å². The van der Waals surface area contributed by atoms with E-state index in [0.717, 1.165) is 12.8 Å². The lowest BCUT2D eigenvalue weighted by Gasteiger charge is -2.36. The molecule has 0 aromatic heterocycles. The summed E-state index contributed by atoms with van der Waals surface area (Å²) in [7, 11) is 0. The van der Waals surface area contributed by atoms with Gasteiger partial charge in [0.15, 0.2) is 6.10 Å². The molecule has 1 N–H and O–H groups in total. The molecule has 0 spiro atoms. The van der Waals surface area contributed by atoms with Crippen molar-refractivity contribution in [1.29, 1.82) is 0 Å². The molecule has 0 bridgehead atoms. The predicted octanol–water partition coefficient (Wildman–Crippen LogP) is 1.90. The fourth-order valence-electron chi connectivity index (χ4n) is 3.61. The number of likely N-dealkylation sites (tertiary alicyclic amines) is 1. The van der Waals surface area contributed by atoms with E-state index in [1.807, 2.05) is 12.1 Å². The first-order valence-electron chi connectivity index (χ1n) is 9.02. The standard InChI is InChI=1S/C19H24N2O5/c1-13-19(25)21(15-6-2-3-7-16(15)26-13)12-17(22)20-10-4-5-14(11-20)8-9-18(23)24/h2-3,6-7,13-14H,4-5,8-12H2,1H3,(H,23,24).